The Balaban J connectivity index is 0.000000360. The van der Waals surface area contributed by atoms with Crippen molar-refractivity contribution in [1.29, 1.82) is 0 Å². The quantitative estimate of drug-likeness (QED) is 0.154. The van der Waals surface area contributed by atoms with Gasteiger partial charge in [-0.2, -0.15) is 0 Å². The molecule has 0 saturated heterocycles. The van der Waals surface area contributed by atoms with Crippen LogP contribution < -0.4 is 16.0 Å². The summed E-state index contributed by atoms with van der Waals surface area (Å²) in [6, 6.07) is 10.5. The van der Waals surface area contributed by atoms with E-state index in [1.54, 1.807) is 25.3 Å². The Labute approximate surface area is 272 Å². The number of fused-ring (bicyclic) bond motifs is 1. The van der Waals surface area contributed by atoms with Gasteiger partial charge in [0.05, 0.1) is 9.58 Å². The third kappa shape index (κ3) is 9.16. The standard InChI is InChI=1S/C27H26F2N2OS2.C7H17N3O/c1-16-15-33-26(30-16)19-8-6-7-18(13-19)14-31(20-9-4-3-5-10-20)27(32)24-17(2)23-21(28)11-12-22(29)25(23)34-24;1-8-5-6-10-4-3-7(11)9-2/h6-8,11-13,15,20H,3-5,9-10,14H2,1-2H3;8,10H,3-6H2,1-2H3,(H,9,11). The number of halogens is 2. The van der Waals surface area contributed by atoms with Crippen molar-refractivity contribution in [3.8, 4) is 10.6 Å². The molecule has 0 spiro atoms. The molecule has 1 aliphatic carbocycles. The molecule has 2 amide bonds. The van der Waals surface area contributed by atoms with Crippen LogP contribution in [-0.2, 0) is 11.3 Å². The highest BCUT2D eigenvalue weighted by Gasteiger charge is 2.30. The van der Waals surface area contributed by atoms with Gasteiger partial charge in [-0.05, 0) is 63.1 Å². The number of nitrogens with one attached hydrogen (secondary N) is 3. The van der Waals surface area contributed by atoms with Crippen molar-refractivity contribution in [2.24, 2.45) is 0 Å². The Morgan fingerprint density at radius 3 is 2.42 bits per heavy atom. The van der Waals surface area contributed by atoms with Crippen molar-refractivity contribution >= 4 is 44.6 Å². The lowest BCUT2D eigenvalue weighted by molar-refractivity contribution is -0.120. The van der Waals surface area contributed by atoms with Crippen LogP contribution in [0.2, 0.25) is 0 Å². The van der Waals surface area contributed by atoms with Crippen LogP contribution in [0.25, 0.3) is 20.7 Å². The van der Waals surface area contributed by atoms with E-state index in [9.17, 15) is 18.4 Å². The van der Waals surface area contributed by atoms with Crippen molar-refractivity contribution in [2.45, 2.75) is 65.0 Å². The highest BCUT2D eigenvalue weighted by atomic mass is 32.1. The van der Waals surface area contributed by atoms with Gasteiger partial charge in [0.25, 0.3) is 5.91 Å². The predicted molar refractivity (Wildman–Crippen MR) is 181 cm³/mol. The Hall–Kier alpha value is -3.25. The SMILES string of the molecule is CNCCNCCC(=O)NC.Cc1csc(-c2cccc(CN(C(=O)c3sc4c(F)ccc(F)c4c3C)C3CCCCC3)c2)n1. The smallest absolute Gasteiger partial charge is 0.264 e. The van der Waals surface area contributed by atoms with E-state index >= 15 is 0 Å². The second kappa shape index (κ2) is 16.9. The Bertz CT molecular complexity index is 1580. The van der Waals surface area contributed by atoms with Gasteiger partial charge in [0.15, 0.2) is 0 Å². The Kier molecular flexibility index (Phi) is 13.0. The summed E-state index contributed by atoms with van der Waals surface area (Å²) >= 11 is 2.67. The number of aryl methyl sites for hydroxylation is 2. The van der Waals surface area contributed by atoms with Gasteiger partial charge in [-0.1, -0.05) is 37.5 Å². The van der Waals surface area contributed by atoms with Gasteiger partial charge in [0, 0.05) is 67.7 Å². The zero-order chi connectivity index (χ0) is 32.3. The molecule has 0 radical (unpaired) electrons. The summed E-state index contributed by atoms with van der Waals surface area (Å²) in [5.74, 6) is -1.03. The largest absolute Gasteiger partial charge is 0.359 e. The third-order valence-electron chi connectivity index (χ3n) is 7.95. The van der Waals surface area contributed by atoms with Gasteiger partial charge in [-0.25, -0.2) is 13.8 Å². The fourth-order valence-corrected chi connectivity index (χ4v) is 7.50. The van der Waals surface area contributed by atoms with Gasteiger partial charge >= 0.3 is 0 Å². The molecule has 242 valence electrons. The second-order valence-electron chi connectivity index (χ2n) is 11.3. The van der Waals surface area contributed by atoms with Crippen LogP contribution in [0.15, 0.2) is 41.8 Å². The summed E-state index contributed by atoms with van der Waals surface area (Å²) in [7, 11) is 3.55. The van der Waals surface area contributed by atoms with Crippen LogP contribution in [0.4, 0.5) is 8.78 Å². The number of likely N-dealkylation sites (N-methyl/N-ethyl adjacent to an activating group) is 1. The number of rotatable bonds is 11. The lowest BCUT2D eigenvalue weighted by Crippen LogP contribution is -2.40. The first-order valence-corrected chi connectivity index (χ1v) is 17.2. The maximum Gasteiger partial charge on any atom is 0.264 e. The van der Waals surface area contributed by atoms with E-state index in [1.165, 1.54) is 6.42 Å². The molecule has 2 heterocycles. The monoisotopic (exact) mass is 655 g/mol. The first-order valence-electron chi connectivity index (χ1n) is 15.5. The summed E-state index contributed by atoms with van der Waals surface area (Å²) in [6.45, 7) is 6.76. The Morgan fingerprint density at radius 1 is 1.00 bits per heavy atom. The highest BCUT2D eigenvalue weighted by molar-refractivity contribution is 7.21. The van der Waals surface area contributed by atoms with Crippen molar-refractivity contribution in [3.63, 3.8) is 0 Å². The number of nitrogens with zero attached hydrogens (tertiary/aromatic N) is 2. The number of benzene rings is 2. The fourth-order valence-electron chi connectivity index (χ4n) is 5.52. The molecule has 0 atom stereocenters. The number of amides is 2. The van der Waals surface area contributed by atoms with E-state index in [1.807, 2.05) is 42.5 Å². The number of carbonyl (C=O) groups excluding carboxylic acids is 2. The van der Waals surface area contributed by atoms with E-state index in [4.69, 9.17) is 0 Å². The molecule has 3 N–H and O–H groups in total. The predicted octanol–water partition coefficient (Wildman–Crippen LogP) is 6.83. The zero-order valence-corrected chi connectivity index (χ0v) is 28.1. The lowest BCUT2D eigenvalue weighted by atomic mass is 9.93. The molecular weight excluding hydrogens is 613 g/mol. The van der Waals surface area contributed by atoms with Crippen LogP contribution in [0.1, 0.15) is 65.0 Å². The van der Waals surface area contributed by atoms with Crippen molar-refractivity contribution in [2.75, 3.05) is 33.7 Å². The molecule has 1 aliphatic rings. The van der Waals surface area contributed by atoms with E-state index in [0.717, 1.165) is 90.6 Å². The number of aromatic nitrogens is 1. The summed E-state index contributed by atoms with van der Waals surface area (Å²) in [4.78, 5) is 31.5. The van der Waals surface area contributed by atoms with Crippen LogP contribution in [0.5, 0.6) is 0 Å². The number of thiophene rings is 1. The maximum atomic E-state index is 14.5. The first-order chi connectivity index (χ1) is 21.7. The molecule has 2 aromatic heterocycles. The Morgan fingerprint density at radius 2 is 1.76 bits per heavy atom. The van der Waals surface area contributed by atoms with Crippen LogP contribution >= 0.6 is 22.7 Å². The van der Waals surface area contributed by atoms with Crippen LogP contribution in [0, 0.1) is 25.5 Å². The number of hydrogen-bond donors (Lipinski definition) is 3. The first kappa shape index (κ1) is 34.6. The molecule has 5 rings (SSSR count). The molecule has 0 aliphatic heterocycles. The van der Waals surface area contributed by atoms with E-state index in [2.05, 4.69) is 27.0 Å². The summed E-state index contributed by atoms with van der Waals surface area (Å²) in [6.07, 6.45) is 5.80. The zero-order valence-electron chi connectivity index (χ0n) is 26.5. The highest BCUT2D eigenvalue weighted by Crippen LogP contribution is 2.37. The maximum absolute atomic E-state index is 14.5. The second-order valence-corrected chi connectivity index (χ2v) is 13.2. The molecule has 7 nitrogen and oxygen atoms in total. The lowest BCUT2D eigenvalue weighted by Gasteiger charge is -2.34. The van der Waals surface area contributed by atoms with E-state index in [-0.39, 0.29) is 27.9 Å². The van der Waals surface area contributed by atoms with E-state index in [0.29, 0.717) is 23.4 Å². The van der Waals surface area contributed by atoms with Gasteiger partial charge in [-0.15, -0.1) is 22.7 Å². The summed E-state index contributed by atoms with van der Waals surface area (Å²) in [5.41, 5.74) is 3.58. The van der Waals surface area contributed by atoms with E-state index < -0.39 is 11.6 Å². The van der Waals surface area contributed by atoms with Gasteiger partial charge in [0.2, 0.25) is 5.91 Å². The molecule has 11 heteroatoms. The van der Waals surface area contributed by atoms with Crippen molar-refractivity contribution in [1.82, 2.24) is 25.8 Å². The van der Waals surface area contributed by atoms with Gasteiger partial charge < -0.3 is 20.9 Å². The van der Waals surface area contributed by atoms with Crippen LogP contribution in [-0.4, -0.2) is 61.5 Å². The summed E-state index contributed by atoms with van der Waals surface area (Å²) in [5, 5.41) is 11.9. The number of thiazole rings is 1. The minimum atomic E-state index is -0.487. The molecule has 45 heavy (non-hydrogen) atoms. The number of hydrogen-bond acceptors (Lipinski definition) is 7. The van der Waals surface area contributed by atoms with Crippen LogP contribution in [0.3, 0.4) is 0 Å². The molecule has 0 unspecified atom stereocenters. The number of carbonyl (C=O) groups is 2. The fraction of sp³-hybridized carbons (Fsp3) is 0.441. The molecular formula is C34H43F2N5O2S2. The molecule has 4 aromatic rings. The van der Waals surface area contributed by atoms with Gasteiger partial charge in [-0.3, -0.25) is 9.59 Å². The molecule has 1 fully saturated rings. The molecule has 2 aromatic carbocycles. The minimum absolute atomic E-state index is 0.0851. The van der Waals surface area contributed by atoms with Crippen molar-refractivity contribution in [3.05, 3.63) is 75.1 Å². The molecule has 0 bridgehead atoms. The summed E-state index contributed by atoms with van der Waals surface area (Å²) < 4.78 is 29.2. The topological polar surface area (TPSA) is 86.4 Å². The minimum Gasteiger partial charge on any atom is -0.359 e. The average molecular weight is 656 g/mol. The molecule has 1 saturated carbocycles. The van der Waals surface area contributed by atoms with Gasteiger partial charge in [0.1, 0.15) is 16.6 Å². The average Bonchev–Trinajstić information content (AvgIpc) is 3.65. The normalized spacial score (nSPS) is 13.4. The van der Waals surface area contributed by atoms with Crippen molar-refractivity contribution < 1.29 is 18.4 Å². The third-order valence-corrected chi connectivity index (χ3v) is 10.3.